The monoisotopic (exact) mass is 429 g/mol. The number of hydrogen-bond donors (Lipinski definition) is 3. The molecule has 1 atom stereocenters. The average Bonchev–Trinajstić information content (AvgIpc) is 2.97. The Balaban J connectivity index is 1.46. The molecule has 11 nitrogen and oxygen atoms in total. The molecule has 1 unspecified atom stereocenters. The third kappa shape index (κ3) is 3.66. The lowest BCUT2D eigenvalue weighted by atomic mass is 10.0. The lowest BCUT2D eigenvalue weighted by Gasteiger charge is -2.27. The van der Waals surface area contributed by atoms with E-state index in [2.05, 4.69) is 30.9 Å². The highest BCUT2D eigenvalue weighted by Crippen LogP contribution is 2.32. The lowest BCUT2D eigenvalue weighted by molar-refractivity contribution is -0.136. The topological polar surface area (TPSA) is 146 Å². The van der Waals surface area contributed by atoms with E-state index in [1.807, 2.05) is 0 Å². The molecule has 2 aliphatic rings. The number of nitrogens with one attached hydrogen (secondary N) is 3. The first-order valence-electron chi connectivity index (χ1n) is 9.12. The van der Waals surface area contributed by atoms with Gasteiger partial charge in [0.1, 0.15) is 12.4 Å². The molecule has 30 heavy (non-hydrogen) atoms. The van der Waals surface area contributed by atoms with Gasteiger partial charge >= 0.3 is 0 Å². The Labute approximate surface area is 175 Å². The highest BCUT2D eigenvalue weighted by molar-refractivity contribution is 6.28. The van der Waals surface area contributed by atoms with Crippen LogP contribution in [0.4, 0.5) is 11.6 Å². The molecule has 2 aromatic rings. The van der Waals surface area contributed by atoms with Gasteiger partial charge in [-0.3, -0.25) is 29.4 Å². The largest absolute Gasteiger partial charge is 0.383 e. The number of nitrogens with zero attached hydrogens (tertiary/aromatic N) is 4. The minimum atomic E-state index is -1.00. The number of anilines is 2. The zero-order chi connectivity index (χ0) is 21.3. The first-order valence-corrected chi connectivity index (χ1v) is 9.50. The van der Waals surface area contributed by atoms with Gasteiger partial charge in [0.15, 0.2) is 0 Å². The fourth-order valence-corrected chi connectivity index (χ4v) is 3.52. The van der Waals surface area contributed by atoms with Crippen molar-refractivity contribution in [3.8, 4) is 0 Å². The maximum absolute atomic E-state index is 13.0. The van der Waals surface area contributed by atoms with Crippen LogP contribution in [0.2, 0.25) is 5.28 Å². The van der Waals surface area contributed by atoms with Crippen molar-refractivity contribution in [1.82, 2.24) is 25.2 Å². The fourth-order valence-electron chi connectivity index (χ4n) is 3.40. The third-order valence-corrected chi connectivity index (χ3v) is 4.92. The molecule has 1 saturated heterocycles. The second kappa shape index (κ2) is 8.03. The Bertz CT molecular complexity index is 1060. The molecule has 4 amide bonds. The van der Waals surface area contributed by atoms with Crippen LogP contribution in [0.15, 0.2) is 24.5 Å². The van der Waals surface area contributed by atoms with Crippen molar-refractivity contribution in [3.05, 3.63) is 40.9 Å². The summed E-state index contributed by atoms with van der Waals surface area (Å²) >= 11 is 5.70. The van der Waals surface area contributed by atoms with E-state index in [9.17, 15) is 19.2 Å². The smallest absolute Gasteiger partial charge is 0.264 e. The molecule has 1 fully saturated rings. The molecule has 0 saturated carbocycles. The van der Waals surface area contributed by atoms with Crippen LogP contribution in [0.5, 0.6) is 0 Å². The highest BCUT2D eigenvalue weighted by atomic mass is 35.5. The molecule has 3 heterocycles. The van der Waals surface area contributed by atoms with Crippen LogP contribution < -0.4 is 16.0 Å². The van der Waals surface area contributed by atoms with Crippen LogP contribution in [-0.4, -0.2) is 62.6 Å². The Morgan fingerprint density at radius 1 is 1.10 bits per heavy atom. The van der Waals surface area contributed by atoms with Gasteiger partial charge in [0, 0.05) is 25.2 Å². The van der Waals surface area contributed by atoms with Crippen molar-refractivity contribution >= 4 is 46.9 Å². The number of imide groups is 2. The van der Waals surface area contributed by atoms with Gasteiger partial charge in [0.2, 0.25) is 23.0 Å². The number of piperidine rings is 1. The summed E-state index contributed by atoms with van der Waals surface area (Å²) in [6.07, 6.45) is 1.46. The molecule has 1 aromatic heterocycles. The Hall–Kier alpha value is -3.60. The van der Waals surface area contributed by atoms with E-state index in [-0.39, 0.29) is 29.3 Å². The number of rotatable bonds is 6. The van der Waals surface area contributed by atoms with Gasteiger partial charge in [0.25, 0.3) is 11.8 Å². The van der Waals surface area contributed by atoms with E-state index in [0.717, 1.165) is 4.90 Å². The van der Waals surface area contributed by atoms with Gasteiger partial charge < -0.3 is 10.6 Å². The van der Waals surface area contributed by atoms with Gasteiger partial charge in [-0.15, -0.1) is 0 Å². The summed E-state index contributed by atoms with van der Waals surface area (Å²) in [6.45, 7) is 0.794. The van der Waals surface area contributed by atoms with Gasteiger partial charge in [-0.1, -0.05) is 6.07 Å². The van der Waals surface area contributed by atoms with Crippen LogP contribution in [0, 0.1) is 0 Å². The van der Waals surface area contributed by atoms with Gasteiger partial charge in [-0.05, 0) is 30.2 Å². The molecular weight excluding hydrogens is 414 g/mol. The number of carbonyl (C=O) groups excluding carboxylic acids is 4. The quantitative estimate of drug-likeness (QED) is 0.439. The van der Waals surface area contributed by atoms with Crippen LogP contribution in [0.1, 0.15) is 33.6 Å². The van der Waals surface area contributed by atoms with Gasteiger partial charge in [0.05, 0.1) is 11.1 Å². The number of aromatic nitrogens is 3. The van der Waals surface area contributed by atoms with Gasteiger partial charge in [-0.2, -0.15) is 4.98 Å². The van der Waals surface area contributed by atoms with Crippen molar-refractivity contribution in [1.29, 1.82) is 0 Å². The first kappa shape index (κ1) is 19.7. The molecule has 0 aliphatic carbocycles. The van der Waals surface area contributed by atoms with Gasteiger partial charge in [-0.25, -0.2) is 9.97 Å². The molecule has 0 radical (unpaired) electrons. The summed E-state index contributed by atoms with van der Waals surface area (Å²) < 4.78 is 0. The summed E-state index contributed by atoms with van der Waals surface area (Å²) in [7, 11) is 0. The molecule has 12 heteroatoms. The van der Waals surface area contributed by atoms with Crippen molar-refractivity contribution < 1.29 is 19.2 Å². The molecule has 1 aromatic carbocycles. The van der Waals surface area contributed by atoms with Crippen molar-refractivity contribution in [2.45, 2.75) is 18.9 Å². The maximum Gasteiger partial charge on any atom is 0.264 e. The standard InChI is InChI=1S/C18H16ClN7O4/c19-17-22-8-23-18(25-17)21-7-6-20-10-3-1-2-9-13(10)16(30)26(15(9)29)11-4-5-12(27)24-14(11)28/h1-3,8,11,20H,4-7H2,(H,24,27,28)(H,21,22,23,25). The molecule has 3 N–H and O–H groups in total. The number of carbonyl (C=O) groups is 4. The predicted molar refractivity (Wildman–Crippen MR) is 105 cm³/mol. The van der Waals surface area contributed by atoms with E-state index in [4.69, 9.17) is 11.6 Å². The molecule has 4 rings (SSSR count). The normalized spacial score (nSPS) is 18.3. The number of fused-ring (bicyclic) bond motifs is 1. The zero-order valence-corrected chi connectivity index (χ0v) is 16.3. The summed E-state index contributed by atoms with van der Waals surface area (Å²) in [5.41, 5.74) is 0.887. The minimum absolute atomic E-state index is 0.0685. The van der Waals surface area contributed by atoms with Crippen LogP contribution >= 0.6 is 11.6 Å². The Morgan fingerprint density at radius 2 is 1.90 bits per heavy atom. The second-order valence-corrected chi connectivity index (χ2v) is 6.95. The van der Waals surface area contributed by atoms with Crippen LogP contribution in [-0.2, 0) is 9.59 Å². The van der Waals surface area contributed by atoms with E-state index < -0.39 is 29.7 Å². The lowest BCUT2D eigenvalue weighted by Crippen LogP contribution is -2.54. The molecule has 154 valence electrons. The number of hydrogen-bond acceptors (Lipinski definition) is 9. The maximum atomic E-state index is 13.0. The number of benzene rings is 1. The molecule has 0 spiro atoms. The molecular formula is C18H16ClN7O4. The SMILES string of the molecule is O=C1CCC(N2C(=O)c3cccc(NCCNc4ncnc(Cl)n4)c3C2=O)C(=O)N1. The summed E-state index contributed by atoms with van der Waals surface area (Å²) in [5, 5.41) is 8.30. The highest BCUT2D eigenvalue weighted by Gasteiger charge is 2.45. The van der Waals surface area contributed by atoms with Crippen molar-refractivity contribution in [2.24, 2.45) is 0 Å². The summed E-state index contributed by atoms with van der Waals surface area (Å²) in [5.74, 6) is -1.86. The number of halogens is 1. The van der Waals surface area contributed by atoms with E-state index >= 15 is 0 Å². The van der Waals surface area contributed by atoms with E-state index in [1.54, 1.807) is 12.1 Å². The first-order chi connectivity index (χ1) is 14.5. The fraction of sp³-hybridized carbons (Fsp3) is 0.278. The van der Waals surface area contributed by atoms with Crippen molar-refractivity contribution in [3.63, 3.8) is 0 Å². The minimum Gasteiger partial charge on any atom is -0.383 e. The molecule has 2 aliphatic heterocycles. The predicted octanol–water partition coefficient (Wildman–Crippen LogP) is 0.450. The van der Waals surface area contributed by atoms with Crippen molar-refractivity contribution in [2.75, 3.05) is 23.7 Å². The Morgan fingerprint density at radius 3 is 2.67 bits per heavy atom. The van der Waals surface area contributed by atoms with Crippen LogP contribution in [0.3, 0.4) is 0 Å². The summed E-state index contributed by atoms with van der Waals surface area (Å²) in [4.78, 5) is 61.8. The van der Waals surface area contributed by atoms with Crippen LogP contribution in [0.25, 0.3) is 0 Å². The summed E-state index contributed by atoms with van der Waals surface area (Å²) in [6, 6.07) is 3.87. The Kier molecular flexibility index (Phi) is 5.27. The molecule has 0 bridgehead atoms. The average molecular weight is 430 g/mol. The van der Waals surface area contributed by atoms with E-state index in [0.29, 0.717) is 24.7 Å². The van der Waals surface area contributed by atoms with E-state index in [1.165, 1.54) is 12.4 Å². The number of amides is 4. The zero-order valence-electron chi connectivity index (χ0n) is 15.5. The third-order valence-electron chi connectivity index (χ3n) is 4.73. The second-order valence-electron chi connectivity index (χ2n) is 6.61.